The van der Waals surface area contributed by atoms with Gasteiger partial charge in [0, 0.05) is 23.2 Å². The number of ether oxygens (including phenoxy) is 3. The Hall–Kier alpha value is -1.31. The summed E-state index contributed by atoms with van der Waals surface area (Å²) in [7, 11) is 3.01. The maximum absolute atomic E-state index is 11.7. The third-order valence-corrected chi connectivity index (χ3v) is 5.48. The highest BCUT2D eigenvalue weighted by Gasteiger charge is 2.35. The number of carbonyl (C=O) groups is 1. The van der Waals surface area contributed by atoms with Crippen LogP contribution in [-0.2, 0) is 18.5 Å². The topological polar surface area (TPSA) is 78.9 Å². The van der Waals surface area contributed by atoms with Crippen molar-refractivity contribution < 1.29 is 27.4 Å². The number of hydrogen-bond acceptors (Lipinski definition) is 6. The summed E-state index contributed by atoms with van der Waals surface area (Å²) in [6.45, 7) is 0.641. The van der Waals surface area contributed by atoms with Gasteiger partial charge >= 0.3 is 5.97 Å². The standard InChI is InChI=1S/C14H17ClO6S/c1-19-14(16)11-4-2-3-5-12(11)21-8-10-6-7-20-9-13(10)22(15,17)18/h2-5,10,13H,6-9H2,1H3. The quantitative estimate of drug-likeness (QED) is 0.596. The fourth-order valence-electron chi connectivity index (χ4n) is 2.33. The highest BCUT2D eigenvalue weighted by Crippen LogP contribution is 2.27. The van der Waals surface area contributed by atoms with E-state index in [1.807, 2.05) is 0 Å². The van der Waals surface area contributed by atoms with Crippen LogP contribution in [0, 0.1) is 5.92 Å². The molecule has 2 unspecified atom stereocenters. The van der Waals surface area contributed by atoms with Gasteiger partial charge in [0.2, 0.25) is 9.05 Å². The Morgan fingerprint density at radius 3 is 2.82 bits per heavy atom. The Bertz CT molecular complexity index is 630. The van der Waals surface area contributed by atoms with Crippen LogP contribution >= 0.6 is 10.7 Å². The van der Waals surface area contributed by atoms with E-state index < -0.39 is 20.3 Å². The van der Waals surface area contributed by atoms with Crippen LogP contribution in [0.15, 0.2) is 24.3 Å². The van der Waals surface area contributed by atoms with Gasteiger partial charge in [-0.2, -0.15) is 0 Å². The first-order valence-electron chi connectivity index (χ1n) is 6.75. The Morgan fingerprint density at radius 1 is 1.41 bits per heavy atom. The van der Waals surface area contributed by atoms with Crippen molar-refractivity contribution in [2.24, 2.45) is 5.92 Å². The molecule has 2 rings (SSSR count). The lowest BCUT2D eigenvalue weighted by molar-refractivity contribution is 0.0515. The smallest absolute Gasteiger partial charge is 0.341 e. The van der Waals surface area contributed by atoms with E-state index in [4.69, 9.17) is 20.2 Å². The Balaban J connectivity index is 2.10. The minimum absolute atomic E-state index is 0.0541. The molecule has 0 bridgehead atoms. The molecule has 0 saturated carbocycles. The summed E-state index contributed by atoms with van der Waals surface area (Å²) in [5.74, 6) is -0.447. The zero-order valence-corrected chi connectivity index (χ0v) is 13.6. The molecule has 0 amide bonds. The fraction of sp³-hybridized carbons (Fsp3) is 0.500. The third kappa shape index (κ3) is 4.12. The van der Waals surface area contributed by atoms with Gasteiger partial charge in [-0.3, -0.25) is 0 Å². The van der Waals surface area contributed by atoms with Crippen molar-refractivity contribution in [3.8, 4) is 5.75 Å². The summed E-state index contributed by atoms with van der Waals surface area (Å²) in [4.78, 5) is 11.7. The van der Waals surface area contributed by atoms with Gasteiger partial charge in [-0.25, -0.2) is 13.2 Å². The van der Waals surface area contributed by atoms with Gasteiger partial charge < -0.3 is 14.2 Å². The number of carbonyl (C=O) groups excluding carboxylic acids is 1. The van der Waals surface area contributed by atoms with Gasteiger partial charge in [0.1, 0.15) is 16.6 Å². The summed E-state index contributed by atoms with van der Waals surface area (Å²) in [6.07, 6.45) is 0.525. The lowest BCUT2D eigenvalue weighted by Crippen LogP contribution is -2.39. The van der Waals surface area contributed by atoms with Crippen LogP contribution in [0.25, 0.3) is 0 Å². The molecule has 0 spiro atoms. The molecule has 8 heteroatoms. The Morgan fingerprint density at radius 2 is 2.14 bits per heavy atom. The van der Waals surface area contributed by atoms with Crippen molar-refractivity contribution in [1.29, 1.82) is 0 Å². The molecule has 1 fully saturated rings. The van der Waals surface area contributed by atoms with E-state index in [0.717, 1.165) is 0 Å². The molecular formula is C14H17ClO6S. The summed E-state index contributed by atoms with van der Waals surface area (Å²) < 4.78 is 38.7. The normalized spacial score (nSPS) is 22.1. The zero-order valence-electron chi connectivity index (χ0n) is 12.0. The lowest BCUT2D eigenvalue weighted by atomic mass is 10.0. The molecule has 1 saturated heterocycles. The summed E-state index contributed by atoms with van der Waals surface area (Å²) in [6, 6.07) is 6.64. The molecule has 22 heavy (non-hydrogen) atoms. The predicted molar refractivity (Wildman–Crippen MR) is 80.8 cm³/mol. The van der Waals surface area contributed by atoms with E-state index in [1.54, 1.807) is 24.3 Å². The SMILES string of the molecule is COC(=O)c1ccccc1OCC1CCOCC1S(=O)(=O)Cl. The van der Waals surface area contributed by atoms with Crippen molar-refractivity contribution in [3.63, 3.8) is 0 Å². The molecule has 0 radical (unpaired) electrons. The first-order chi connectivity index (χ1) is 10.4. The summed E-state index contributed by atoms with van der Waals surface area (Å²) in [5, 5.41) is -0.812. The lowest BCUT2D eigenvalue weighted by Gasteiger charge is -2.29. The van der Waals surface area contributed by atoms with E-state index >= 15 is 0 Å². The van der Waals surface area contributed by atoms with Gasteiger partial charge in [-0.15, -0.1) is 0 Å². The van der Waals surface area contributed by atoms with Crippen molar-refractivity contribution >= 4 is 25.7 Å². The minimum atomic E-state index is -3.73. The van der Waals surface area contributed by atoms with Gasteiger partial charge in [-0.1, -0.05) is 12.1 Å². The van der Waals surface area contributed by atoms with Crippen LogP contribution in [-0.4, -0.2) is 46.6 Å². The summed E-state index contributed by atoms with van der Waals surface area (Å²) in [5.41, 5.74) is 0.294. The molecule has 1 heterocycles. The first kappa shape index (κ1) is 17.1. The number of hydrogen-bond donors (Lipinski definition) is 0. The van der Waals surface area contributed by atoms with Crippen molar-refractivity contribution in [3.05, 3.63) is 29.8 Å². The van der Waals surface area contributed by atoms with E-state index in [9.17, 15) is 13.2 Å². The predicted octanol–water partition coefficient (Wildman–Crippen LogP) is 1.83. The number of rotatable bonds is 5. The van der Waals surface area contributed by atoms with Gasteiger partial charge in [0.05, 0.1) is 20.3 Å². The molecular weight excluding hydrogens is 332 g/mol. The van der Waals surface area contributed by atoms with Crippen LogP contribution in [0.1, 0.15) is 16.8 Å². The molecule has 1 aromatic rings. The Labute approximate surface area is 133 Å². The molecule has 0 aromatic heterocycles. The average molecular weight is 349 g/mol. The van der Waals surface area contributed by atoms with Gasteiger partial charge in [-0.05, 0) is 18.6 Å². The van der Waals surface area contributed by atoms with Crippen molar-refractivity contribution in [2.75, 3.05) is 26.9 Å². The molecule has 0 aliphatic carbocycles. The number of esters is 1. The number of methoxy groups -OCH3 is 1. The molecule has 2 atom stereocenters. The van der Waals surface area contributed by atoms with Crippen LogP contribution < -0.4 is 4.74 Å². The number of benzene rings is 1. The largest absolute Gasteiger partial charge is 0.492 e. The highest BCUT2D eigenvalue weighted by molar-refractivity contribution is 8.14. The van der Waals surface area contributed by atoms with E-state index in [-0.39, 0.29) is 19.1 Å². The Kier molecular flexibility index (Phi) is 5.66. The molecule has 1 aliphatic rings. The average Bonchev–Trinajstić information content (AvgIpc) is 2.52. The van der Waals surface area contributed by atoms with Crippen molar-refractivity contribution in [1.82, 2.24) is 0 Å². The number of para-hydroxylation sites is 1. The first-order valence-corrected chi connectivity index (χ1v) is 9.12. The second-order valence-corrected chi connectivity index (χ2v) is 7.78. The van der Waals surface area contributed by atoms with E-state index in [1.165, 1.54) is 7.11 Å². The van der Waals surface area contributed by atoms with Crippen LogP contribution in [0.3, 0.4) is 0 Å². The minimum Gasteiger partial charge on any atom is -0.492 e. The molecule has 1 aliphatic heterocycles. The third-order valence-electron chi connectivity index (χ3n) is 3.55. The molecule has 122 valence electrons. The maximum atomic E-state index is 11.7. The fourth-order valence-corrected chi connectivity index (χ4v) is 3.85. The second-order valence-electron chi connectivity index (χ2n) is 4.94. The highest BCUT2D eigenvalue weighted by atomic mass is 35.7. The molecule has 6 nitrogen and oxygen atoms in total. The van der Waals surface area contributed by atoms with E-state index in [2.05, 4.69) is 4.74 Å². The monoisotopic (exact) mass is 348 g/mol. The number of halogens is 1. The van der Waals surface area contributed by atoms with Gasteiger partial charge in [0.15, 0.2) is 0 Å². The van der Waals surface area contributed by atoms with Crippen LogP contribution in [0.4, 0.5) is 0 Å². The second kappa shape index (κ2) is 7.30. The van der Waals surface area contributed by atoms with Crippen LogP contribution in [0.2, 0.25) is 0 Å². The zero-order chi connectivity index (χ0) is 16.2. The van der Waals surface area contributed by atoms with Gasteiger partial charge in [0.25, 0.3) is 0 Å². The van der Waals surface area contributed by atoms with E-state index in [0.29, 0.717) is 24.3 Å². The molecule has 1 aromatic carbocycles. The van der Waals surface area contributed by atoms with Crippen LogP contribution in [0.5, 0.6) is 5.75 Å². The molecule has 0 N–H and O–H groups in total. The summed E-state index contributed by atoms with van der Waals surface area (Å²) >= 11 is 0. The van der Waals surface area contributed by atoms with Crippen molar-refractivity contribution in [2.45, 2.75) is 11.7 Å². The maximum Gasteiger partial charge on any atom is 0.341 e.